The minimum Gasteiger partial charge on any atom is -0.192 e. The van der Waals surface area contributed by atoms with E-state index in [4.69, 9.17) is 22.1 Å². The second-order valence-corrected chi connectivity index (χ2v) is 1.30. The van der Waals surface area contributed by atoms with Crippen LogP contribution >= 0.6 is 11.6 Å². The van der Waals surface area contributed by atoms with Gasteiger partial charge in [0.2, 0.25) is 0 Å². The molecular formula is C5H3ClN2. The van der Waals surface area contributed by atoms with Gasteiger partial charge < -0.3 is 0 Å². The Morgan fingerprint density at radius 2 is 2.00 bits per heavy atom. The van der Waals surface area contributed by atoms with Crippen molar-refractivity contribution in [2.45, 2.75) is 0 Å². The summed E-state index contributed by atoms with van der Waals surface area (Å²) in [6, 6.07) is 3.34. The topological polar surface area (TPSA) is 47.6 Å². The van der Waals surface area contributed by atoms with Gasteiger partial charge in [0, 0.05) is 5.88 Å². The molecular weight excluding hydrogens is 124 g/mol. The molecule has 0 spiro atoms. The zero-order chi connectivity index (χ0) is 6.41. The lowest BCUT2D eigenvalue weighted by Gasteiger charge is -1.72. The molecule has 0 radical (unpaired) electrons. The van der Waals surface area contributed by atoms with Crippen LogP contribution in [0.3, 0.4) is 0 Å². The first kappa shape index (κ1) is 7.01. The van der Waals surface area contributed by atoms with E-state index < -0.39 is 0 Å². The van der Waals surface area contributed by atoms with E-state index in [0.29, 0.717) is 0 Å². The molecule has 0 unspecified atom stereocenters. The lowest BCUT2D eigenvalue weighted by Crippen LogP contribution is -1.70. The Kier molecular flexibility index (Phi) is 3.66. The number of hydrogen-bond donors (Lipinski definition) is 0. The third kappa shape index (κ3) is 2.23. The highest BCUT2D eigenvalue weighted by Crippen LogP contribution is 1.88. The third-order valence-corrected chi connectivity index (χ3v) is 0.676. The van der Waals surface area contributed by atoms with Gasteiger partial charge in [-0.25, -0.2) is 0 Å². The molecule has 0 saturated heterocycles. The number of allylic oxidation sites excluding steroid dienone is 2. The Bertz CT molecular complexity index is 154. The van der Waals surface area contributed by atoms with Crippen LogP contribution in [0.15, 0.2) is 11.6 Å². The van der Waals surface area contributed by atoms with Crippen LogP contribution in [-0.4, -0.2) is 5.88 Å². The van der Waals surface area contributed by atoms with E-state index in [0.717, 1.165) is 0 Å². The third-order valence-electron chi connectivity index (χ3n) is 0.522. The summed E-state index contributed by atoms with van der Waals surface area (Å²) in [7, 11) is 0. The minimum absolute atomic E-state index is 0.0694. The Balaban J connectivity index is 3.99. The number of hydrogen-bond acceptors (Lipinski definition) is 2. The monoisotopic (exact) mass is 126 g/mol. The SMILES string of the molecule is N#CC(C#N)=CCCl. The van der Waals surface area contributed by atoms with Crippen LogP contribution < -0.4 is 0 Å². The van der Waals surface area contributed by atoms with Crippen LogP contribution in [0.1, 0.15) is 0 Å². The van der Waals surface area contributed by atoms with Gasteiger partial charge in [-0.05, 0) is 6.08 Å². The Hall–Kier alpha value is -0.990. The molecule has 40 valence electrons. The molecule has 0 fully saturated rings. The molecule has 0 aliphatic heterocycles. The van der Waals surface area contributed by atoms with Gasteiger partial charge in [-0.15, -0.1) is 11.6 Å². The molecule has 0 aromatic rings. The molecule has 0 saturated carbocycles. The fourth-order valence-corrected chi connectivity index (χ4v) is 0.348. The van der Waals surface area contributed by atoms with Gasteiger partial charge in [0.25, 0.3) is 0 Å². The summed E-state index contributed by atoms with van der Waals surface area (Å²) in [6.07, 6.45) is 1.36. The normalized spacial score (nSPS) is 6.38. The fraction of sp³-hybridized carbons (Fsp3) is 0.200. The first-order chi connectivity index (χ1) is 3.85. The summed E-state index contributed by atoms with van der Waals surface area (Å²) in [5.74, 6) is 0.219. The van der Waals surface area contributed by atoms with Crippen LogP contribution in [-0.2, 0) is 0 Å². The summed E-state index contributed by atoms with van der Waals surface area (Å²) in [6.45, 7) is 0. The van der Waals surface area contributed by atoms with Crippen molar-refractivity contribution < 1.29 is 0 Å². The molecule has 0 aromatic carbocycles. The molecule has 0 aliphatic carbocycles. The maximum Gasteiger partial charge on any atom is 0.126 e. The van der Waals surface area contributed by atoms with Gasteiger partial charge in [-0.3, -0.25) is 0 Å². The molecule has 2 nitrogen and oxygen atoms in total. The van der Waals surface area contributed by atoms with Crippen molar-refractivity contribution in [3.05, 3.63) is 11.6 Å². The Labute approximate surface area is 52.6 Å². The fourth-order valence-electron chi connectivity index (χ4n) is 0.193. The van der Waals surface area contributed by atoms with Gasteiger partial charge >= 0.3 is 0 Å². The molecule has 3 heteroatoms. The number of rotatable bonds is 1. The maximum absolute atomic E-state index is 8.06. The van der Waals surface area contributed by atoms with E-state index in [1.807, 2.05) is 0 Å². The molecule has 0 aromatic heterocycles. The van der Waals surface area contributed by atoms with E-state index >= 15 is 0 Å². The zero-order valence-corrected chi connectivity index (χ0v) is 4.81. The number of nitriles is 2. The summed E-state index contributed by atoms with van der Waals surface area (Å²) in [4.78, 5) is 0. The number of alkyl halides is 1. The quantitative estimate of drug-likeness (QED) is 0.392. The van der Waals surface area contributed by atoms with Crippen molar-refractivity contribution in [1.29, 1.82) is 10.5 Å². The second-order valence-electron chi connectivity index (χ2n) is 0.996. The molecule has 0 atom stereocenters. The van der Waals surface area contributed by atoms with Gasteiger partial charge in [0.15, 0.2) is 0 Å². The van der Waals surface area contributed by atoms with Crippen LogP contribution in [0.5, 0.6) is 0 Å². The average Bonchev–Trinajstić information content (AvgIpc) is 1.83. The van der Waals surface area contributed by atoms with Crippen molar-refractivity contribution in [3.8, 4) is 12.1 Å². The lowest BCUT2D eigenvalue weighted by atomic mass is 10.3. The molecule has 0 aliphatic rings. The summed E-state index contributed by atoms with van der Waals surface area (Å²) >= 11 is 5.18. The molecule has 0 amide bonds. The van der Waals surface area contributed by atoms with E-state index in [9.17, 15) is 0 Å². The van der Waals surface area contributed by atoms with Crippen molar-refractivity contribution in [2.75, 3.05) is 5.88 Å². The highest BCUT2D eigenvalue weighted by atomic mass is 35.5. The van der Waals surface area contributed by atoms with Gasteiger partial charge in [0.05, 0.1) is 0 Å². The number of halogens is 1. The summed E-state index contributed by atoms with van der Waals surface area (Å²) in [5, 5.41) is 16.1. The van der Waals surface area contributed by atoms with Crippen molar-refractivity contribution in [2.24, 2.45) is 0 Å². The Morgan fingerprint density at radius 1 is 1.50 bits per heavy atom. The van der Waals surface area contributed by atoms with E-state index in [1.165, 1.54) is 6.08 Å². The Morgan fingerprint density at radius 3 is 2.12 bits per heavy atom. The molecule has 8 heavy (non-hydrogen) atoms. The van der Waals surface area contributed by atoms with E-state index in [-0.39, 0.29) is 11.5 Å². The van der Waals surface area contributed by atoms with E-state index in [1.54, 1.807) is 12.1 Å². The van der Waals surface area contributed by atoms with Crippen LogP contribution in [0.25, 0.3) is 0 Å². The molecule has 0 heterocycles. The van der Waals surface area contributed by atoms with E-state index in [2.05, 4.69) is 0 Å². The largest absolute Gasteiger partial charge is 0.192 e. The standard InChI is InChI=1S/C5H3ClN2/c6-2-1-5(3-7)4-8/h1H,2H2. The number of nitrogens with zero attached hydrogens (tertiary/aromatic N) is 2. The summed E-state index contributed by atoms with van der Waals surface area (Å²) in [5.41, 5.74) is 0.0694. The predicted molar refractivity (Wildman–Crippen MR) is 30.0 cm³/mol. The van der Waals surface area contributed by atoms with Crippen LogP contribution in [0.2, 0.25) is 0 Å². The van der Waals surface area contributed by atoms with Crippen LogP contribution in [0.4, 0.5) is 0 Å². The van der Waals surface area contributed by atoms with Crippen LogP contribution in [0, 0.1) is 22.7 Å². The zero-order valence-electron chi connectivity index (χ0n) is 4.06. The lowest BCUT2D eigenvalue weighted by molar-refractivity contribution is 1.45. The second kappa shape index (κ2) is 4.18. The highest BCUT2D eigenvalue weighted by Gasteiger charge is 1.85. The smallest absolute Gasteiger partial charge is 0.126 e. The first-order valence-corrected chi connectivity index (χ1v) is 2.45. The predicted octanol–water partition coefficient (Wildman–Crippen LogP) is 1.20. The van der Waals surface area contributed by atoms with Crippen molar-refractivity contribution >= 4 is 11.6 Å². The van der Waals surface area contributed by atoms with Gasteiger partial charge in [0.1, 0.15) is 17.7 Å². The highest BCUT2D eigenvalue weighted by molar-refractivity contribution is 6.19. The molecule has 0 rings (SSSR count). The minimum atomic E-state index is 0.0694. The summed E-state index contributed by atoms with van der Waals surface area (Å²) < 4.78 is 0. The molecule has 0 N–H and O–H groups in total. The van der Waals surface area contributed by atoms with Gasteiger partial charge in [-0.2, -0.15) is 10.5 Å². The van der Waals surface area contributed by atoms with Crippen molar-refractivity contribution in [1.82, 2.24) is 0 Å². The van der Waals surface area contributed by atoms with Gasteiger partial charge in [-0.1, -0.05) is 0 Å². The maximum atomic E-state index is 8.06. The van der Waals surface area contributed by atoms with Crippen molar-refractivity contribution in [3.63, 3.8) is 0 Å². The first-order valence-electron chi connectivity index (χ1n) is 1.91. The average molecular weight is 127 g/mol. The molecule has 0 bridgehead atoms.